The van der Waals surface area contributed by atoms with E-state index in [1.54, 1.807) is 23.7 Å². The molecule has 3 aromatic carbocycles. The highest BCUT2D eigenvalue weighted by Crippen LogP contribution is 2.34. The Kier molecular flexibility index (Phi) is 9.09. The van der Waals surface area contributed by atoms with E-state index in [-0.39, 0.29) is 43.5 Å². The summed E-state index contributed by atoms with van der Waals surface area (Å²) in [5.41, 5.74) is 3.77. The number of nitrogens with one attached hydrogen (secondary N) is 3. The molecule has 2 amide bonds. The summed E-state index contributed by atoms with van der Waals surface area (Å²) in [5, 5.41) is 12.3. The molecule has 14 heteroatoms. The smallest absolute Gasteiger partial charge is 0.261 e. The van der Waals surface area contributed by atoms with Crippen LogP contribution in [0.2, 0.25) is 0 Å². The number of aromatic amines is 1. The molecule has 43 heavy (non-hydrogen) atoms. The van der Waals surface area contributed by atoms with Crippen LogP contribution in [0.4, 0.5) is 0 Å². The molecule has 0 aliphatic carbocycles. The van der Waals surface area contributed by atoms with Crippen LogP contribution < -0.4 is 25.0 Å². The number of hydroxylamine groups is 1. The number of ether oxygens (including phenoxy) is 3. The van der Waals surface area contributed by atoms with Crippen LogP contribution in [0, 0.1) is 0 Å². The van der Waals surface area contributed by atoms with Gasteiger partial charge in [-0.05, 0) is 60.5 Å². The monoisotopic (exact) mass is 609 g/mol. The van der Waals surface area contributed by atoms with Gasteiger partial charge in [0.1, 0.15) is 17.6 Å². The number of H-pyrrole nitrogens is 1. The van der Waals surface area contributed by atoms with Gasteiger partial charge in [0.05, 0.1) is 23.0 Å². The van der Waals surface area contributed by atoms with E-state index in [1.165, 1.54) is 31.4 Å². The second-order valence-electron chi connectivity index (χ2n) is 9.74. The second kappa shape index (κ2) is 13.1. The van der Waals surface area contributed by atoms with Crippen LogP contribution in [-0.2, 0) is 32.6 Å². The van der Waals surface area contributed by atoms with Crippen molar-refractivity contribution in [2.45, 2.75) is 36.7 Å². The molecule has 0 saturated carbocycles. The Labute approximate surface area is 247 Å². The van der Waals surface area contributed by atoms with Crippen molar-refractivity contribution in [3.05, 3.63) is 78.1 Å². The number of sulfonamides is 1. The fourth-order valence-electron chi connectivity index (χ4n) is 4.74. The van der Waals surface area contributed by atoms with Gasteiger partial charge < -0.3 is 24.5 Å². The van der Waals surface area contributed by atoms with Gasteiger partial charge in [-0.2, -0.15) is 4.31 Å². The predicted octanol–water partition coefficient (Wildman–Crippen LogP) is 2.50. The van der Waals surface area contributed by atoms with E-state index in [0.29, 0.717) is 35.1 Å². The van der Waals surface area contributed by atoms with Crippen molar-refractivity contribution in [3.63, 3.8) is 0 Å². The molecule has 1 atom stereocenters. The lowest BCUT2D eigenvalue weighted by atomic mass is 10.1. The fourth-order valence-corrected chi connectivity index (χ4v) is 6.34. The van der Waals surface area contributed by atoms with Gasteiger partial charge in [0.15, 0.2) is 11.5 Å². The first-order chi connectivity index (χ1) is 20.8. The van der Waals surface area contributed by atoms with Crippen molar-refractivity contribution in [2.24, 2.45) is 0 Å². The number of hydrogen-bond acceptors (Lipinski definition) is 9. The minimum absolute atomic E-state index is 0.0349. The van der Waals surface area contributed by atoms with Gasteiger partial charge >= 0.3 is 0 Å². The zero-order valence-electron chi connectivity index (χ0n) is 23.3. The molecule has 226 valence electrons. The summed E-state index contributed by atoms with van der Waals surface area (Å²) in [6.45, 7) is -0.228. The zero-order valence-corrected chi connectivity index (χ0v) is 24.1. The van der Waals surface area contributed by atoms with Crippen LogP contribution in [0.25, 0.3) is 11.0 Å². The molecular weight excluding hydrogens is 578 g/mol. The maximum absolute atomic E-state index is 13.9. The Hall–Kier alpha value is -4.66. The van der Waals surface area contributed by atoms with E-state index in [9.17, 15) is 23.2 Å². The number of fused-ring (bicyclic) bond motifs is 2. The first-order valence-electron chi connectivity index (χ1n) is 13.5. The van der Waals surface area contributed by atoms with E-state index in [0.717, 1.165) is 15.3 Å². The van der Waals surface area contributed by atoms with Crippen molar-refractivity contribution in [1.82, 2.24) is 25.1 Å². The van der Waals surface area contributed by atoms with Crippen molar-refractivity contribution in [2.75, 3.05) is 20.4 Å². The third kappa shape index (κ3) is 6.88. The molecular formula is C29H31N5O8S. The Morgan fingerprint density at radius 3 is 2.60 bits per heavy atom. The van der Waals surface area contributed by atoms with Crippen LogP contribution >= 0.6 is 0 Å². The molecule has 4 N–H and O–H groups in total. The number of imidazole rings is 1. The third-order valence-corrected chi connectivity index (χ3v) is 8.84. The maximum Gasteiger partial charge on any atom is 0.261 e. The Bertz CT molecular complexity index is 1670. The zero-order chi connectivity index (χ0) is 30.4. The summed E-state index contributed by atoms with van der Waals surface area (Å²) < 4.78 is 44.8. The van der Waals surface area contributed by atoms with Crippen molar-refractivity contribution in [1.29, 1.82) is 0 Å². The van der Waals surface area contributed by atoms with E-state index in [4.69, 9.17) is 14.2 Å². The largest absolute Gasteiger partial charge is 0.497 e. The highest BCUT2D eigenvalue weighted by atomic mass is 32.2. The molecule has 0 saturated heterocycles. The second-order valence-corrected chi connectivity index (χ2v) is 11.6. The number of carbonyl (C=O) groups excluding carboxylic acids is 2. The van der Waals surface area contributed by atoms with Crippen LogP contribution in [-0.4, -0.2) is 66.2 Å². The number of hydrogen-bond donors (Lipinski definition) is 4. The molecule has 0 unspecified atom stereocenters. The van der Waals surface area contributed by atoms with Crippen LogP contribution in [0.15, 0.2) is 71.6 Å². The van der Waals surface area contributed by atoms with Gasteiger partial charge in [-0.15, -0.1) is 0 Å². The molecule has 1 aliphatic heterocycles. The van der Waals surface area contributed by atoms with Gasteiger partial charge in [0.2, 0.25) is 22.7 Å². The molecule has 0 fully saturated rings. The van der Waals surface area contributed by atoms with Gasteiger partial charge in [-0.3, -0.25) is 14.8 Å². The van der Waals surface area contributed by atoms with Crippen molar-refractivity contribution >= 4 is 32.9 Å². The Morgan fingerprint density at radius 2 is 1.86 bits per heavy atom. The highest BCUT2D eigenvalue weighted by molar-refractivity contribution is 7.89. The number of aryl methyl sites for hydroxylation is 1. The van der Waals surface area contributed by atoms with E-state index >= 15 is 0 Å². The summed E-state index contributed by atoms with van der Waals surface area (Å²) in [5.74, 6) is 0.825. The quantitative estimate of drug-likeness (QED) is 0.131. The molecule has 0 spiro atoms. The summed E-state index contributed by atoms with van der Waals surface area (Å²) in [4.78, 5) is 33.1. The fraction of sp³-hybridized carbons (Fsp3) is 0.276. The number of para-hydroxylation sites is 2. The van der Waals surface area contributed by atoms with Crippen LogP contribution in [0.5, 0.6) is 17.2 Å². The van der Waals surface area contributed by atoms with Gasteiger partial charge in [0.25, 0.3) is 5.91 Å². The topological polar surface area (TPSA) is 172 Å². The summed E-state index contributed by atoms with van der Waals surface area (Å²) >= 11 is 0. The Morgan fingerprint density at radius 1 is 1.09 bits per heavy atom. The lowest BCUT2D eigenvalue weighted by molar-refractivity contribution is -0.133. The number of carbonyl (C=O) groups is 2. The first-order valence-corrected chi connectivity index (χ1v) is 14.9. The Balaban J connectivity index is 1.32. The molecule has 0 bridgehead atoms. The SMILES string of the molecule is COc1ccc(S(=O)(=O)N(Cc2ccc3c(c2)OCO3)[C@H](CCNC(=O)CCc2nc3ccccc3[nH]2)C(=O)NO)cc1. The standard InChI is InChI=1S/C29H31N5O8S/c1-40-20-7-9-21(10-8-20)43(38,39)34(17-19-6-11-25-26(16-19)42-18-41-25)24(29(36)33-37)14-15-30-28(35)13-12-27-31-22-4-2-3-5-23(22)32-27/h2-11,16,24,37H,12-15,17-18H2,1H3,(H,30,35)(H,31,32)(H,33,36)/t24-/m1/s1. The van der Waals surface area contributed by atoms with Gasteiger partial charge in [0, 0.05) is 25.9 Å². The van der Waals surface area contributed by atoms with Crippen molar-refractivity contribution < 1.29 is 37.4 Å². The maximum atomic E-state index is 13.9. The molecule has 0 radical (unpaired) electrons. The lowest BCUT2D eigenvalue weighted by Gasteiger charge is -2.30. The molecule has 1 aliphatic rings. The number of benzene rings is 3. The minimum Gasteiger partial charge on any atom is -0.497 e. The first kappa shape index (κ1) is 29.8. The number of rotatable bonds is 13. The van der Waals surface area contributed by atoms with E-state index in [1.807, 2.05) is 24.3 Å². The highest BCUT2D eigenvalue weighted by Gasteiger charge is 2.36. The van der Waals surface area contributed by atoms with E-state index < -0.39 is 22.0 Å². The summed E-state index contributed by atoms with van der Waals surface area (Å²) in [7, 11) is -2.83. The van der Waals surface area contributed by atoms with Gasteiger partial charge in [-0.1, -0.05) is 18.2 Å². The number of methoxy groups -OCH3 is 1. The molecule has 1 aromatic heterocycles. The molecule has 4 aromatic rings. The predicted molar refractivity (Wildman–Crippen MR) is 154 cm³/mol. The average molecular weight is 610 g/mol. The molecule has 13 nitrogen and oxygen atoms in total. The third-order valence-electron chi connectivity index (χ3n) is 6.97. The average Bonchev–Trinajstić information content (AvgIpc) is 3.67. The van der Waals surface area contributed by atoms with E-state index in [2.05, 4.69) is 15.3 Å². The lowest BCUT2D eigenvalue weighted by Crippen LogP contribution is -2.49. The number of nitrogens with zero attached hydrogens (tertiary/aromatic N) is 2. The molecule has 2 heterocycles. The summed E-state index contributed by atoms with van der Waals surface area (Å²) in [6.07, 6.45) is 0.369. The summed E-state index contributed by atoms with van der Waals surface area (Å²) in [6, 6.07) is 16.8. The van der Waals surface area contributed by atoms with Crippen LogP contribution in [0.1, 0.15) is 24.2 Å². The van der Waals surface area contributed by atoms with Crippen molar-refractivity contribution in [3.8, 4) is 17.2 Å². The number of amides is 2. The normalized spacial score (nSPS) is 13.2. The number of aromatic nitrogens is 2. The van der Waals surface area contributed by atoms with Gasteiger partial charge in [-0.25, -0.2) is 18.9 Å². The van der Waals surface area contributed by atoms with Crippen LogP contribution in [0.3, 0.4) is 0 Å². The molecule has 5 rings (SSSR count). The minimum atomic E-state index is -4.29.